The van der Waals surface area contributed by atoms with E-state index in [0.29, 0.717) is 21.2 Å². The van der Waals surface area contributed by atoms with E-state index in [9.17, 15) is 14.0 Å². The summed E-state index contributed by atoms with van der Waals surface area (Å²) in [6, 6.07) is 11.2. The lowest BCUT2D eigenvalue weighted by Gasteiger charge is -2.23. The first kappa shape index (κ1) is 19.3. The van der Waals surface area contributed by atoms with Gasteiger partial charge in [-0.15, -0.1) is 0 Å². The molecule has 0 aliphatic carbocycles. The third-order valence-electron chi connectivity index (χ3n) is 4.88. The van der Waals surface area contributed by atoms with Crippen LogP contribution in [0.25, 0.3) is 11.4 Å². The monoisotopic (exact) mass is 458 g/mol. The summed E-state index contributed by atoms with van der Waals surface area (Å²) in [6.07, 6.45) is 0. The van der Waals surface area contributed by atoms with E-state index in [1.165, 1.54) is 6.07 Å². The molecule has 1 atom stereocenters. The first-order valence-electron chi connectivity index (χ1n) is 8.78. The lowest BCUT2D eigenvalue weighted by Crippen LogP contribution is -2.41. The van der Waals surface area contributed by atoms with Crippen LogP contribution in [0.15, 0.2) is 51.5 Å². The number of hydrogen-bond donors (Lipinski definition) is 1. The Balaban J connectivity index is 1.58. The quantitative estimate of drug-likeness (QED) is 0.598. The zero-order chi connectivity index (χ0) is 20.8. The number of aromatic nitrogens is 2. The van der Waals surface area contributed by atoms with Gasteiger partial charge in [-0.1, -0.05) is 51.4 Å². The van der Waals surface area contributed by atoms with Crippen molar-refractivity contribution in [3.05, 3.63) is 69.8 Å². The molecule has 0 spiro atoms. The molecule has 7 nitrogen and oxygen atoms in total. The third-order valence-corrected chi connectivity index (χ3v) is 5.57. The number of hydrogen-bond acceptors (Lipinski definition) is 5. The molecule has 1 fully saturated rings. The molecule has 2 aromatic carbocycles. The predicted molar refractivity (Wildman–Crippen MR) is 105 cm³/mol. The van der Waals surface area contributed by atoms with E-state index < -0.39 is 17.5 Å². The molecule has 1 N–H and O–H groups in total. The van der Waals surface area contributed by atoms with Gasteiger partial charge in [-0.25, -0.2) is 9.18 Å². The number of imide groups is 1. The van der Waals surface area contributed by atoms with Crippen LogP contribution in [0.1, 0.15) is 23.9 Å². The standard InChI is InChI=1S/C20H16BrFN4O3/c1-11-7-8-12(9-15(11)22)17-23-16(29-25-17)10-26-18(27)20(2,24-19(26)28)13-5-3-4-6-14(13)21/h3-9H,10H2,1-2H3,(H,24,28). The largest absolute Gasteiger partial charge is 0.337 e. The molecule has 1 unspecified atom stereocenters. The van der Waals surface area contributed by atoms with Gasteiger partial charge in [0.15, 0.2) is 0 Å². The van der Waals surface area contributed by atoms with Crippen molar-refractivity contribution in [1.82, 2.24) is 20.4 Å². The second kappa shape index (κ2) is 7.07. The van der Waals surface area contributed by atoms with Gasteiger partial charge in [0.2, 0.25) is 11.7 Å². The molecule has 9 heteroatoms. The lowest BCUT2D eigenvalue weighted by molar-refractivity contribution is -0.131. The Labute approximate surface area is 174 Å². The average molecular weight is 459 g/mol. The van der Waals surface area contributed by atoms with Crippen LogP contribution < -0.4 is 5.32 Å². The molecule has 0 saturated carbocycles. The average Bonchev–Trinajstić information content (AvgIpc) is 3.24. The summed E-state index contributed by atoms with van der Waals surface area (Å²) in [5.74, 6) is -0.567. The fourth-order valence-electron chi connectivity index (χ4n) is 3.19. The van der Waals surface area contributed by atoms with Crippen molar-refractivity contribution < 1.29 is 18.5 Å². The minimum Gasteiger partial charge on any atom is -0.337 e. The molecule has 1 saturated heterocycles. The summed E-state index contributed by atoms with van der Waals surface area (Å²) in [4.78, 5) is 30.7. The zero-order valence-electron chi connectivity index (χ0n) is 15.6. The first-order chi connectivity index (χ1) is 13.8. The highest BCUT2D eigenvalue weighted by Crippen LogP contribution is 2.34. The van der Waals surface area contributed by atoms with Gasteiger partial charge in [-0.2, -0.15) is 4.98 Å². The maximum Gasteiger partial charge on any atom is 0.325 e. The van der Waals surface area contributed by atoms with Crippen molar-refractivity contribution in [2.24, 2.45) is 0 Å². The molecule has 2 heterocycles. The fraction of sp³-hybridized carbons (Fsp3) is 0.200. The van der Waals surface area contributed by atoms with Crippen molar-refractivity contribution in [1.29, 1.82) is 0 Å². The summed E-state index contributed by atoms with van der Waals surface area (Å²) in [7, 11) is 0. The second-order valence-corrected chi connectivity index (χ2v) is 7.76. The first-order valence-corrected chi connectivity index (χ1v) is 9.57. The minimum absolute atomic E-state index is 0.0702. The molecule has 3 amide bonds. The summed E-state index contributed by atoms with van der Waals surface area (Å²) in [5.41, 5.74) is 0.365. The molecular formula is C20H16BrFN4O3. The Kier molecular flexibility index (Phi) is 4.70. The van der Waals surface area contributed by atoms with Crippen molar-refractivity contribution in [2.45, 2.75) is 25.9 Å². The van der Waals surface area contributed by atoms with Crippen LogP contribution in [0.5, 0.6) is 0 Å². The molecule has 3 aromatic rings. The number of halogens is 2. The van der Waals surface area contributed by atoms with Gasteiger partial charge in [0.25, 0.3) is 5.91 Å². The van der Waals surface area contributed by atoms with Gasteiger partial charge in [-0.3, -0.25) is 9.69 Å². The van der Waals surface area contributed by atoms with Crippen LogP contribution in [0.4, 0.5) is 9.18 Å². The van der Waals surface area contributed by atoms with Crippen LogP contribution in [-0.2, 0) is 16.9 Å². The van der Waals surface area contributed by atoms with Crippen LogP contribution in [-0.4, -0.2) is 27.0 Å². The Bertz CT molecular complexity index is 1130. The number of carbonyl (C=O) groups excluding carboxylic acids is 2. The third kappa shape index (κ3) is 3.31. The van der Waals surface area contributed by atoms with Crippen molar-refractivity contribution in [2.75, 3.05) is 0 Å². The molecule has 1 aromatic heterocycles. The maximum absolute atomic E-state index is 13.8. The maximum atomic E-state index is 13.8. The van der Waals surface area contributed by atoms with Crippen molar-refractivity contribution in [3.8, 4) is 11.4 Å². The molecule has 1 aliphatic rings. The van der Waals surface area contributed by atoms with Gasteiger partial charge < -0.3 is 9.84 Å². The highest BCUT2D eigenvalue weighted by atomic mass is 79.9. The Hall–Kier alpha value is -3.07. The highest BCUT2D eigenvalue weighted by molar-refractivity contribution is 9.10. The molecule has 0 radical (unpaired) electrons. The normalized spacial score (nSPS) is 19.0. The molecule has 29 heavy (non-hydrogen) atoms. The summed E-state index contributed by atoms with van der Waals surface area (Å²) in [5, 5.41) is 6.56. The topological polar surface area (TPSA) is 88.3 Å². The SMILES string of the molecule is Cc1ccc(-c2noc(CN3C(=O)NC(C)(c4ccccc4Br)C3=O)n2)cc1F. The number of nitrogens with zero attached hydrogens (tertiary/aromatic N) is 3. The van der Waals surface area contributed by atoms with E-state index >= 15 is 0 Å². The van der Waals surface area contributed by atoms with Crippen molar-refractivity contribution in [3.63, 3.8) is 0 Å². The Morgan fingerprint density at radius 3 is 2.72 bits per heavy atom. The van der Waals surface area contributed by atoms with Gasteiger partial charge in [-0.05, 0) is 31.5 Å². The number of aryl methyl sites for hydroxylation is 1. The number of carbonyl (C=O) groups is 2. The number of amides is 3. The lowest BCUT2D eigenvalue weighted by atomic mass is 9.92. The van der Waals surface area contributed by atoms with Crippen LogP contribution in [0.3, 0.4) is 0 Å². The molecule has 1 aliphatic heterocycles. The van der Waals surface area contributed by atoms with Gasteiger partial charge >= 0.3 is 6.03 Å². The van der Waals surface area contributed by atoms with Gasteiger partial charge in [0.05, 0.1) is 0 Å². The van der Waals surface area contributed by atoms with E-state index in [2.05, 4.69) is 31.4 Å². The van der Waals surface area contributed by atoms with E-state index in [4.69, 9.17) is 4.52 Å². The summed E-state index contributed by atoms with van der Waals surface area (Å²) in [6.45, 7) is 3.11. The Morgan fingerprint density at radius 2 is 2.00 bits per heavy atom. The Morgan fingerprint density at radius 1 is 1.24 bits per heavy atom. The highest BCUT2D eigenvalue weighted by Gasteiger charge is 2.50. The molecule has 148 valence electrons. The van der Waals surface area contributed by atoms with Crippen LogP contribution in [0.2, 0.25) is 0 Å². The van der Waals surface area contributed by atoms with Crippen LogP contribution in [0, 0.1) is 12.7 Å². The zero-order valence-corrected chi connectivity index (χ0v) is 17.2. The second-order valence-electron chi connectivity index (χ2n) is 6.90. The van der Waals surface area contributed by atoms with E-state index in [-0.39, 0.29) is 24.1 Å². The number of rotatable bonds is 4. The summed E-state index contributed by atoms with van der Waals surface area (Å²) < 4.78 is 19.7. The van der Waals surface area contributed by atoms with Gasteiger partial charge in [0.1, 0.15) is 17.9 Å². The molecular weight excluding hydrogens is 443 g/mol. The number of urea groups is 1. The van der Waals surface area contributed by atoms with E-state index in [1.807, 2.05) is 6.07 Å². The predicted octanol–water partition coefficient (Wildman–Crippen LogP) is 3.91. The van der Waals surface area contributed by atoms with Crippen LogP contribution >= 0.6 is 15.9 Å². The van der Waals surface area contributed by atoms with Crippen molar-refractivity contribution >= 4 is 27.9 Å². The molecule has 4 rings (SSSR count). The number of nitrogens with one attached hydrogen (secondary N) is 1. The fourth-order valence-corrected chi connectivity index (χ4v) is 3.87. The minimum atomic E-state index is -1.22. The van der Waals surface area contributed by atoms with Gasteiger partial charge in [0, 0.05) is 15.6 Å². The smallest absolute Gasteiger partial charge is 0.325 e. The van der Waals surface area contributed by atoms with E-state index in [1.54, 1.807) is 44.2 Å². The number of benzene rings is 2. The molecule has 0 bridgehead atoms. The van der Waals surface area contributed by atoms with E-state index in [0.717, 1.165) is 4.90 Å². The summed E-state index contributed by atoms with van der Waals surface area (Å²) >= 11 is 3.42.